The van der Waals surface area contributed by atoms with Gasteiger partial charge in [0.1, 0.15) is 0 Å². The van der Waals surface area contributed by atoms with Crippen LogP contribution in [0.4, 0.5) is 0 Å². The Morgan fingerprint density at radius 2 is 0.861 bits per heavy atom. The van der Waals surface area contributed by atoms with E-state index < -0.39 is 0 Å². The summed E-state index contributed by atoms with van der Waals surface area (Å²) < 4.78 is 14.1. The van der Waals surface area contributed by atoms with Crippen LogP contribution in [0.5, 0.6) is 0 Å². The number of ether oxygens (including phenoxy) is 2. The van der Waals surface area contributed by atoms with Gasteiger partial charge in [-0.25, -0.2) is 9.59 Å². The van der Waals surface area contributed by atoms with Crippen LogP contribution in [0.1, 0.15) is 34.6 Å². The van der Waals surface area contributed by atoms with E-state index in [1.165, 1.54) is 0 Å². The lowest BCUT2D eigenvalue weighted by Gasteiger charge is -2.03. The van der Waals surface area contributed by atoms with Gasteiger partial charge in [0.25, 0.3) is 0 Å². The second-order valence-electron chi connectivity index (χ2n) is 7.52. The first-order valence-corrected chi connectivity index (χ1v) is 11.2. The third-order valence-corrected chi connectivity index (χ3v) is 5.35. The van der Waals surface area contributed by atoms with Crippen LogP contribution in [0.25, 0.3) is 22.5 Å². The lowest BCUT2D eigenvalue weighted by molar-refractivity contribution is -0.596. The minimum Gasteiger partial charge on any atom is -1.00 e. The second kappa shape index (κ2) is 13.4. The number of nitrogens with zero attached hydrogens (tertiary/aromatic N) is 2. The smallest absolute Gasteiger partial charge is 0.338 e. The second-order valence-corrected chi connectivity index (χ2v) is 7.52. The van der Waals surface area contributed by atoms with Crippen LogP contribution in [-0.4, -0.2) is 25.2 Å². The number of aromatic nitrogens is 2. The predicted octanol–water partition coefficient (Wildman–Crippen LogP) is -1.73. The Hall–Kier alpha value is -3.74. The summed E-state index contributed by atoms with van der Waals surface area (Å²) in [6, 6.07) is 22.8. The number of hydrogen-bond donors (Lipinski definition) is 0. The fourth-order valence-electron chi connectivity index (χ4n) is 3.55. The number of pyridine rings is 2. The maximum absolute atomic E-state index is 11.8. The van der Waals surface area contributed by atoms with Gasteiger partial charge in [-0.15, -0.1) is 0 Å². The van der Waals surface area contributed by atoms with E-state index in [-0.39, 0.29) is 36.8 Å². The highest BCUT2D eigenvalue weighted by Crippen LogP contribution is 2.17. The number of benzene rings is 2. The Kier molecular flexibility index (Phi) is 10.6. The van der Waals surface area contributed by atoms with E-state index in [2.05, 4.69) is 0 Å². The minimum absolute atomic E-state index is 0. The van der Waals surface area contributed by atoms with E-state index in [0.717, 1.165) is 22.5 Å². The molecule has 0 saturated carbocycles. The van der Waals surface area contributed by atoms with Crippen LogP contribution < -0.4 is 33.9 Å². The molecule has 6 nitrogen and oxygen atoms in total. The molecule has 0 fully saturated rings. The zero-order chi connectivity index (χ0) is 23.9. The average molecular weight is 525 g/mol. The van der Waals surface area contributed by atoms with Gasteiger partial charge in [-0.2, -0.15) is 9.13 Å². The molecule has 2 aromatic carbocycles. The molecule has 0 saturated heterocycles. The van der Waals surface area contributed by atoms with Gasteiger partial charge in [-0.05, 0) is 49.2 Å². The van der Waals surface area contributed by atoms with Gasteiger partial charge < -0.3 is 34.3 Å². The van der Waals surface area contributed by atoms with Gasteiger partial charge in [0.15, 0.2) is 24.8 Å². The normalized spacial score (nSPS) is 9.94. The van der Waals surface area contributed by atoms with Gasteiger partial charge in [-0.3, -0.25) is 0 Å². The summed E-state index contributed by atoms with van der Waals surface area (Å²) in [5, 5.41) is 0. The summed E-state index contributed by atoms with van der Waals surface area (Å²) >= 11 is 0. The standard InChI is InChI=1S/C28H26N2O4.2ClH/c1-3-33-27(31)23-5-9-25(10-6-23)29-17-13-21(14-18-29)22-15-19-30(20-16-22)26-11-7-24(8-12-26)28(32)34-4-2;;/h5-20H,3-4H2,1-2H3;2*1H/q+2;;/p-2. The average Bonchev–Trinajstić information content (AvgIpc) is 2.89. The molecule has 2 heterocycles. The van der Waals surface area contributed by atoms with E-state index in [1.807, 2.05) is 82.5 Å². The molecule has 8 heteroatoms. The van der Waals surface area contributed by atoms with Crippen molar-refractivity contribution < 1.29 is 53.0 Å². The van der Waals surface area contributed by atoms with Gasteiger partial charge in [0.2, 0.25) is 11.4 Å². The molecule has 0 unspecified atom stereocenters. The molecule has 0 aliphatic rings. The van der Waals surface area contributed by atoms with Gasteiger partial charge in [0, 0.05) is 48.5 Å². The van der Waals surface area contributed by atoms with Crippen molar-refractivity contribution in [1.82, 2.24) is 0 Å². The molecule has 186 valence electrons. The first-order chi connectivity index (χ1) is 16.6. The van der Waals surface area contributed by atoms with Gasteiger partial charge >= 0.3 is 11.9 Å². The largest absolute Gasteiger partial charge is 1.00 e. The molecule has 2 aromatic heterocycles. The van der Waals surface area contributed by atoms with Crippen molar-refractivity contribution in [1.29, 1.82) is 0 Å². The molecular formula is C28H26Cl2N2O4. The number of carbonyl (C=O) groups excluding carboxylic acids is 2. The summed E-state index contributed by atoms with van der Waals surface area (Å²) in [7, 11) is 0. The number of carbonyl (C=O) groups is 2. The molecule has 0 bridgehead atoms. The quantitative estimate of drug-likeness (QED) is 0.213. The van der Waals surface area contributed by atoms with E-state index in [1.54, 1.807) is 38.1 Å². The Balaban J connectivity index is 0.00000228. The Morgan fingerprint density at radius 1 is 0.556 bits per heavy atom. The lowest BCUT2D eigenvalue weighted by atomic mass is 10.1. The predicted molar refractivity (Wildman–Crippen MR) is 127 cm³/mol. The highest BCUT2D eigenvalue weighted by atomic mass is 35.5. The zero-order valence-corrected chi connectivity index (χ0v) is 21.4. The fourth-order valence-corrected chi connectivity index (χ4v) is 3.55. The van der Waals surface area contributed by atoms with Crippen LogP contribution in [0.2, 0.25) is 0 Å². The summed E-state index contributed by atoms with van der Waals surface area (Å²) in [5.41, 5.74) is 5.16. The zero-order valence-electron chi connectivity index (χ0n) is 19.9. The summed E-state index contributed by atoms with van der Waals surface area (Å²) in [5.74, 6) is -0.628. The molecule has 0 atom stereocenters. The molecule has 0 amide bonds. The number of esters is 2. The van der Waals surface area contributed by atoms with Crippen LogP contribution in [-0.2, 0) is 9.47 Å². The number of hydrogen-bond acceptors (Lipinski definition) is 4. The molecule has 0 N–H and O–H groups in total. The molecule has 4 rings (SSSR count). The summed E-state index contributed by atoms with van der Waals surface area (Å²) in [6.07, 6.45) is 7.96. The van der Waals surface area contributed by atoms with Gasteiger partial charge in [-0.1, -0.05) is 0 Å². The topological polar surface area (TPSA) is 60.4 Å². The maximum Gasteiger partial charge on any atom is 0.338 e. The van der Waals surface area contributed by atoms with Crippen molar-refractivity contribution in [3.8, 4) is 22.5 Å². The molecule has 0 aliphatic carbocycles. The van der Waals surface area contributed by atoms with Crippen molar-refractivity contribution in [3.05, 3.63) is 109 Å². The molecule has 0 aliphatic heterocycles. The van der Waals surface area contributed by atoms with Crippen molar-refractivity contribution in [2.45, 2.75) is 13.8 Å². The minimum atomic E-state index is -0.314. The summed E-state index contributed by atoms with van der Waals surface area (Å²) in [6.45, 7) is 4.30. The highest BCUT2D eigenvalue weighted by Gasteiger charge is 2.13. The van der Waals surface area contributed by atoms with Crippen molar-refractivity contribution in [3.63, 3.8) is 0 Å². The Morgan fingerprint density at radius 3 is 1.14 bits per heavy atom. The fraction of sp³-hybridized carbons (Fsp3) is 0.143. The molecule has 0 radical (unpaired) electrons. The van der Waals surface area contributed by atoms with E-state index in [0.29, 0.717) is 24.3 Å². The van der Waals surface area contributed by atoms with Crippen LogP contribution in [0.3, 0.4) is 0 Å². The monoisotopic (exact) mass is 524 g/mol. The first-order valence-electron chi connectivity index (χ1n) is 11.2. The Labute approximate surface area is 223 Å². The summed E-state index contributed by atoms with van der Waals surface area (Å²) in [4.78, 5) is 23.7. The Bertz CT molecular complexity index is 1170. The van der Waals surface area contributed by atoms with Crippen LogP contribution >= 0.6 is 0 Å². The van der Waals surface area contributed by atoms with Crippen LogP contribution in [0, 0.1) is 0 Å². The molecule has 4 aromatic rings. The SMILES string of the molecule is CCOC(=O)c1ccc(-[n+]2ccc(-c3cc[n+](-c4ccc(C(=O)OCC)cc4)cc3)cc2)cc1.[Cl-].[Cl-]. The third-order valence-electron chi connectivity index (χ3n) is 5.35. The van der Waals surface area contributed by atoms with Gasteiger partial charge in [0.05, 0.1) is 24.3 Å². The van der Waals surface area contributed by atoms with E-state index in [4.69, 9.17) is 9.47 Å². The highest BCUT2D eigenvalue weighted by molar-refractivity contribution is 5.90. The first kappa shape index (κ1) is 28.5. The van der Waals surface area contributed by atoms with Crippen molar-refractivity contribution in [2.24, 2.45) is 0 Å². The lowest BCUT2D eigenvalue weighted by Crippen LogP contribution is -3.00. The number of rotatable bonds is 7. The van der Waals surface area contributed by atoms with Crippen LogP contribution in [0.15, 0.2) is 97.6 Å². The molecule has 36 heavy (non-hydrogen) atoms. The van der Waals surface area contributed by atoms with E-state index in [9.17, 15) is 9.59 Å². The molecular weight excluding hydrogens is 499 g/mol. The molecule has 0 spiro atoms. The van der Waals surface area contributed by atoms with Crippen molar-refractivity contribution in [2.75, 3.05) is 13.2 Å². The maximum atomic E-state index is 11.8. The third kappa shape index (κ3) is 6.68. The number of halogens is 2. The van der Waals surface area contributed by atoms with E-state index >= 15 is 0 Å². The van der Waals surface area contributed by atoms with Crippen molar-refractivity contribution >= 4 is 11.9 Å².